The maximum Gasteiger partial charge on any atom is 0.306 e. The van der Waals surface area contributed by atoms with E-state index < -0.39 is 18.2 Å². The Hall–Kier alpha value is -1.66. The Bertz CT molecular complexity index is 950. The summed E-state index contributed by atoms with van der Waals surface area (Å²) in [4.78, 5) is 26.1. The number of allylic oxidation sites excluding steroid dienone is 4. The predicted octanol–water partition coefficient (Wildman–Crippen LogP) is 15.9. The van der Waals surface area contributed by atoms with Gasteiger partial charge in [0.25, 0.3) is 0 Å². The van der Waals surface area contributed by atoms with E-state index in [1.165, 1.54) is 167 Å². The van der Waals surface area contributed by atoms with Crippen molar-refractivity contribution in [2.45, 2.75) is 302 Å². The van der Waals surface area contributed by atoms with E-state index in [4.69, 9.17) is 4.74 Å². The van der Waals surface area contributed by atoms with E-state index in [9.17, 15) is 19.8 Å². The van der Waals surface area contributed by atoms with Gasteiger partial charge in [0.2, 0.25) is 5.91 Å². The van der Waals surface area contributed by atoms with E-state index in [1.807, 2.05) is 0 Å². The van der Waals surface area contributed by atoms with Crippen LogP contribution in [0.2, 0.25) is 0 Å². The first-order chi connectivity index (χ1) is 29.5. The lowest BCUT2D eigenvalue weighted by molar-refractivity contribution is -0.151. The molecule has 3 unspecified atom stereocenters. The fraction of sp³-hybridized carbons (Fsp3) is 0.889. The van der Waals surface area contributed by atoms with Gasteiger partial charge in [-0.2, -0.15) is 0 Å². The number of aliphatic hydroxyl groups excluding tert-OH is 2. The Balaban J connectivity index is 4.35. The highest BCUT2D eigenvalue weighted by atomic mass is 16.5. The number of carbonyl (C=O) groups is 2. The Morgan fingerprint density at radius 3 is 1.27 bits per heavy atom. The van der Waals surface area contributed by atoms with E-state index in [2.05, 4.69) is 50.4 Å². The van der Waals surface area contributed by atoms with Gasteiger partial charge in [-0.3, -0.25) is 9.59 Å². The molecule has 0 heterocycles. The number of hydrogen-bond donors (Lipinski definition) is 3. The summed E-state index contributed by atoms with van der Waals surface area (Å²) in [6.07, 6.45) is 55.4. The summed E-state index contributed by atoms with van der Waals surface area (Å²) in [5.41, 5.74) is 0. The molecule has 0 saturated heterocycles. The molecule has 0 aromatic heterocycles. The molecule has 0 radical (unpaired) electrons. The van der Waals surface area contributed by atoms with Gasteiger partial charge in [-0.05, 0) is 70.6 Å². The highest BCUT2D eigenvalue weighted by molar-refractivity contribution is 5.77. The van der Waals surface area contributed by atoms with Crippen LogP contribution in [0.15, 0.2) is 24.3 Å². The van der Waals surface area contributed by atoms with Gasteiger partial charge in [-0.15, -0.1) is 0 Å². The topological polar surface area (TPSA) is 95.9 Å². The first-order valence-corrected chi connectivity index (χ1v) is 26.6. The lowest BCUT2D eigenvalue weighted by atomic mass is 10.0. The van der Waals surface area contributed by atoms with Crippen molar-refractivity contribution in [3.05, 3.63) is 24.3 Å². The van der Waals surface area contributed by atoms with Gasteiger partial charge in [-0.25, -0.2) is 0 Å². The van der Waals surface area contributed by atoms with Crippen LogP contribution in [0.1, 0.15) is 284 Å². The molecule has 6 heteroatoms. The fourth-order valence-corrected chi connectivity index (χ4v) is 8.19. The van der Waals surface area contributed by atoms with E-state index in [1.54, 1.807) is 0 Å². The second kappa shape index (κ2) is 48.4. The van der Waals surface area contributed by atoms with Gasteiger partial charge >= 0.3 is 5.97 Å². The van der Waals surface area contributed by atoms with Crippen molar-refractivity contribution in [1.29, 1.82) is 0 Å². The molecule has 0 bridgehead atoms. The molecule has 0 spiro atoms. The quantitative estimate of drug-likeness (QED) is 0.0322. The molecule has 354 valence electrons. The average Bonchev–Trinajstić information content (AvgIpc) is 3.24. The summed E-state index contributed by atoms with van der Waals surface area (Å²) in [7, 11) is 0. The molecular formula is C54H103NO5. The van der Waals surface area contributed by atoms with Crippen LogP contribution in [0.25, 0.3) is 0 Å². The van der Waals surface area contributed by atoms with Gasteiger partial charge in [-0.1, -0.05) is 225 Å². The zero-order valence-electron chi connectivity index (χ0n) is 40.4. The third-order valence-corrected chi connectivity index (χ3v) is 12.2. The molecule has 6 nitrogen and oxygen atoms in total. The summed E-state index contributed by atoms with van der Waals surface area (Å²) >= 11 is 0. The summed E-state index contributed by atoms with van der Waals surface area (Å²) in [6, 6.07) is -0.701. The summed E-state index contributed by atoms with van der Waals surface area (Å²) in [5.74, 6) is -0.484. The van der Waals surface area contributed by atoms with Crippen molar-refractivity contribution < 1.29 is 24.5 Å². The van der Waals surface area contributed by atoms with Crippen LogP contribution in [-0.2, 0) is 14.3 Å². The molecule has 0 aliphatic rings. The molecule has 0 fully saturated rings. The minimum absolute atomic E-state index is 0.0691. The first kappa shape index (κ1) is 58.3. The molecular weight excluding hydrogens is 743 g/mol. The molecule has 0 rings (SSSR count). The predicted molar refractivity (Wildman–Crippen MR) is 260 cm³/mol. The van der Waals surface area contributed by atoms with Crippen molar-refractivity contribution >= 4 is 11.9 Å². The van der Waals surface area contributed by atoms with E-state index in [0.717, 1.165) is 70.6 Å². The van der Waals surface area contributed by atoms with Crippen LogP contribution in [0.4, 0.5) is 0 Å². The van der Waals surface area contributed by atoms with Crippen molar-refractivity contribution in [2.24, 2.45) is 0 Å². The summed E-state index contributed by atoms with van der Waals surface area (Å²) < 4.78 is 5.91. The minimum atomic E-state index is -0.787. The minimum Gasteiger partial charge on any atom is -0.462 e. The Morgan fingerprint density at radius 2 is 0.833 bits per heavy atom. The van der Waals surface area contributed by atoms with Crippen LogP contribution in [0.5, 0.6) is 0 Å². The largest absolute Gasteiger partial charge is 0.462 e. The zero-order valence-corrected chi connectivity index (χ0v) is 40.4. The lowest BCUT2D eigenvalue weighted by Crippen LogP contribution is -2.46. The van der Waals surface area contributed by atoms with Crippen molar-refractivity contribution in [3.63, 3.8) is 0 Å². The Kier molecular flexibility index (Phi) is 47.0. The normalized spacial score (nSPS) is 13.3. The maximum absolute atomic E-state index is 13.2. The average molecular weight is 846 g/mol. The van der Waals surface area contributed by atoms with E-state index in [0.29, 0.717) is 19.3 Å². The summed E-state index contributed by atoms with van der Waals surface area (Å²) in [5, 5.41) is 23.7. The number of unbranched alkanes of at least 4 members (excludes halogenated alkanes) is 32. The number of aliphatic hydroxyl groups is 2. The number of nitrogens with one attached hydrogen (secondary N) is 1. The van der Waals surface area contributed by atoms with Crippen molar-refractivity contribution in [2.75, 3.05) is 6.61 Å². The van der Waals surface area contributed by atoms with Crippen LogP contribution < -0.4 is 5.32 Å². The molecule has 1 amide bonds. The Labute approximate surface area is 373 Å². The van der Waals surface area contributed by atoms with Crippen LogP contribution in [-0.4, -0.2) is 46.9 Å². The number of esters is 1. The molecule has 0 aromatic rings. The molecule has 0 saturated carbocycles. The van der Waals surface area contributed by atoms with Crippen LogP contribution in [0.3, 0.4) is 0 Å². The maximum atomic E-state index is 13.2. The summed E-state index contributed by atoms with van der Waals surface area (Å²) in [6.45, 7) is 6.42. The highest BCUT2D eigenvalue weighted by Gasteiger charge is 2.24. The number of carbonyl (C=O) groups excluding carboxylic acids is 2. The van der Waals surface area contributed by atoms with Gasteiger partial charge < -0.3 is 20.3 Å². The number of hydrogen-bond acceptors (Lipinski definition) is 5. The lowest BCUT2D eigenvalue weighted by Gasteiger charge is -2.24. The molecule has 0 aliphatic carbocycles. The van der Waals surface area contributed by atoms with Gasteiger partial charge in [0.1, 0.15) is 6.10 Å². The molecule has 3 N–H and O–H groups in total. The third-order valence-electron chi connectivity index (χ3n) is 12.2. The Morgan fingerprint density at radius 1 is 0.467 bits per heavy atom. The third kappa shape index (κ3) is 43.0. The first-order valence-electron chi connectivity index (χ1n) is 26.6. The molecule has 0 aliphatic heterocycles. The van der Waals surface area contributed by atoms with Crippen molar-refractivity contribution in [1.82, 2.24) is 5.32 Å². The van der Waals surface area contributed by atoms with Gasteiger partial charge in [0, 0.05) is 6.42 Å². The second-order valence-corrected chi connectivity index (χ2v) is 18.3. The SMILES string of the molecule is CCC/C=C\CCCCCC(CC(=O)NC(CO)C(O)CCCCCCCCCCCCCCCC)OC(=O)CCCCCCCCCCC/C=C/CCCCCCCC. The zero-order chi connectivity index (χ0) is 43.8. The standard InChI is InChI=1S/C54H103NO5/c1-4-7-10-13-16-19-21-23-25-26-27-28-29-31-33-35-38-41-44-47-54(59)60-50(45-42-39-36-18-15-12-9-6-3)48-53(58)55-51(49-56)52(57)46-43-40-37-34-32-30-24-22-20-17-14-11-8-5-2/h12,15,23,25,50-52,56-57H,4-11,13-14,16-22,24,26-49H2,1-3H3,(H,55,58)/b15-12-,25-23+. The highest BCUT2D eigenvalue weighted by Crippen LogP contribution is 2.18. The van der Waals surface area contributed by atoms with E-state index in [-0.39, 0.29) is 24.9 Å². The second-order valence-electron chi connectivity index (χ2n) is 18.3. The molecule has 3 atom stereocenters. The molecule has 0 aromatic carbocycles. The van der Waals surface area contributed by atoms with Crippen LogP contribution >= 0.6 is 0 Å². The monoisotopic (exact) mass is 846 g/mol. The molecule has 60 heavy (non-hydrogen) atoms. The van der Waals surface area contributed by atoms with Crippen LogP contribution in [0, 0.1) is 0 Å². The van der Waals surface area contributed by atoms with Crippen molar-refractivity contribution in [3.8, 4) is 0 Å². The number of amides is 1. The van der Waals surface area contributed by atoms with Gasteiger partial charge in [0.05, 0.1) is 25.2 Å². The number of ether oxygens (including phenoxy) is 1. The number of rotatable bonds is 48. The fourth-order valence-electron chi connectivity index (χ4n) is 8.19. The smallest absolute Gasteiger partial charge is 0.306 e. The van der Waals surface area contributed by atoms with Gasteiger partial charge in [0.15, 0.2) is 0 Å². The van der Waals surface area contributed by atoms with E-state index >= 15 is 0 Å².